The normalized spacial score (nSPS) is 13.2. The number of carbonyl (C=O) groups is 1. The van der Waals surface area contributed by atoms with Gasteiger partial charge < -0.3 is 4.74 Å². The lowest BCUT2D eigenvalue weighted by Crippen LogP contribution is -2.30. The van der Waals surface area contributed by atoms with Crippen LogP contribution in [0.15, 0.2) is 0 Å². The summed E-state index contributed by atoms with van der Waals surface area (Å²) in [7, 11) is 0. The summed E-state index contributed by atoms with van der Waals surface area (Å²) in [6.45, 7) is 7.69. The van der Waals surface area contributed by atoms with Crippen LogP contribution in [0.3, 0.4) is 0 Å². The van der Waals surface area contributed by atoms with Crippen LogP contribution in [0, 0.1) is 0 Å². The van der Waals surface area contributed by atoms with Crippen molar-refractivity contribution < 1.29 is 13.9 Å². The van der Waals surface area contributed by atoms with E-state index in [9.17, 15) is 9.18 Å². The van der Waals surface area contributed by atoms with Crippen LogP contribution < -0.4 is 0 Å². The second-order valence-corrected chi connectivity index (χ2v) is 7.80. The van der Waals surface area contributed by atoms with Crippen LogP contribution in [0.25, 0.3) is 0 Å². The summed E-state index contributed by atoms with van der Waals surface area (Å²) >= 11 is 1.71. The molecule has 0 amide bonds. The first-order chi connectivity index (χ1) is 9.90. The van der Waals surface area contributed by atoms with Gasteiger partial charge in [0.1, 0.15) is 10.9 Å². The summed E-state index contributed by atoms with van der Waals surface area (Å²) in [5, 5.41) is -0.0445. The minimum absolute atomic E-state index is 0.0445. The number of rotatable bonds is 12. The molecule has 4 heteroatoms. The van der Waals surface area contributed by atoms with Crippen molar-refractivity contribution in [3.8, 4) is 0 Å². The van der Waals surface area contributed by atoms with Crippen molar-refractivity contribution in [1.29, 1.82) is 0 Å². The number of hydrogen-bond donors (Lipinski definition) is 0. The third kappa shape index (κ3) is 13.2. The number of esters is 1. The van der Waals surface area contributed by atoms with Gasteiger partial charge in [-0.1, -0.05) is 39.0 Å². The molecule has 0 aromatic carbocycles. The molecule has 0 aromatic rings. The fourth-order valence-electron chi connectivity index (χ4n) is 1.99. The molecular weight excluding hydrogens is 287 g/mol. The molecule has 0 radical (unpaired) electrons. The molecule has 0 heterocycles. The quantitative estimate of drug-likeness (QED) is 0.349. The Hall–Kier alpha value is -0.250. The molecule has 1 atom stereocenters. The average Bonchev–Trinajstić information content (AvgIpc) is 2.38. The molecule has 2 nitrogen and oxygen atoms in total. The highest BCUT2D eigenvalue weighted by atomic mass is 32.2. The number of ether oxygens (including phenoxy) is 1. The van der Waals surface area contributed by atoms with Crippen molar-refractivity contribution in [2.45, 2.75) is 89.9 Å². The van der Waals surface area contributed by atoms with Crippen LogP contribution in [0.4, 0.5) is 4.39 Å². The van der Waals surface area contributed by atoms with E-state index < -0.39 is 5.60 Å². The van der Waals surface area contributed by atoms with Crippen molar-refractivity contribution in [3.63, 3.8) is 0 Å². The molecule has 0 saturated carbocycles. The fraction of sp³-hybridized carbons (Fsp3) is 0.941. The number of alkyl halides is 1. The predicted molar refractivity (Wildman–Crippen MR) is 90.7 cm³/mol. The lowest BCUT2D eigenvalue weighted by atomic mass is 10.1. The molecule has 0 bridgehead atoms. The van der Waals surface area contributed by atoms with Crippen molar-refractivity contribution in [2.24, 2.45) is 0 Å². The van der Waals surface area contributed by atoms with E-state index in [1.54, 1.807) is 11.8 Å². The van der Waals surface area contributed by atoms with Gasteiger partial charge in [0.05, 0.1) is 6.67 Å². The van der Waals surface area contributed by atoms with Crippen LogP contribution in [0.5, 0.6) is 0 Å². The van der Waals surface area contributed by atoms with Crippen LogP contribution in [-0.2, 0) is 9.53 Å². The van der Waals surface area contributed by atoms with E-state index in [4.69, 9.17) is 4.74 Å². The molecule has 0 N–H and O–H groups in total. The summed E-state index contributed by atoms with van der Waals surface area (Å²) in [6.07, 6.45) is 8.02. The summed E-state index contributed by atoms with van der Waals surface area (Å²) in [6, 6.07) is 0. The standard InChI is InChI=1S/C17H33FO2S/c1-5-6-9-12-15(16(19)20-17(2,3)4)21-14-11-8-7-10-13-18/h15H,5-14H2,1-4H3. The largest absolute Gasteiger partial charge is 0.459 e. The van der Waals surface area contributed by atoms with Gasteiger partial charge in [0, 0.05) is 0 Å². The number of unbranched alkanes of at least 4 members (excludes halogenated alkanes) is 5. The van der Waals surface area contributed by atoms with Gasteiger partial charge in [-0.3, -0.25) is 9.18 Å². The molecule has 0 aromatic heterocycles. The molecule has 0 saturated heterocycles. The third-order valence-electron chi connectivity index (χ3n) is 3.09. The Morgan fingerprint density at radius 2 is 1.76 bits per heavy atom. The first kappa shape index (κ1) is 20.8. The van der Waals surface area contributed by atoms with Gasteiger partial charge in [-0.15, -0.1) is 11.8 Å². The second kappa shape index (κ2) is 12.3. The fourth-order valence-corrected chi connectivity index (χ4v) is 3.16. The molecular formula is C17H33FO2S. The maximum atomic E-state index is 12.2. The molecule has 21 heavy (non-hydrogen) atoms. The Bertz CT molecular complexity index is 264. The van der Waals surface area contributed by atoms with Crippen LogP contribution in [0.1, 0.15) is 79.1 Å². The van der Waals surface area contributed by atoms with Gasteiger partial charge in [0.2, 0.25) is 0 Å². The smallest absolute Gasteiger partial charge is 0.319 e. The zero-order chi connectivity index (χ0) is 16.1. The SMILES string of the molecule is CCCCCC(SCCCCCCF)C(=O)OC(C)(C)C. The van der Waals surface area contributed by atoms with E-state index >= 15 is 0 Å². The first-order valence-corrected chi connectivity index (χ1v) is 9.36. The number of thioether (sulfide) groups is 1. The summed E-state index contributed by atoms with van der Waals surface area (Å²) in [5.74, 6) is 0.884. The molecule has 1 unspecified atom stereocenters. The average molecular weight is 321 g/mol. The van der Waals surface area contributed by atoms with Crippen LogP contribution in [-0.4, -0.2) is 29.2 Å². The summed E-state index contributed by atoms with van der Waals surface area (Å²) < 4.78 is 17.5. The third-order valence-corrected chi connectivity index (χ3v) is 4.44. The van der Waals surface area contributed by atoms with E-state index in [1.807, 2.05) is 20.8 Å². The Labute approximate surface area is 134 Å². The van der Waals surface area contributed by atoms with Gasteiger partial charge in [-0.05, 0) is 45.8 Å². The van der Waals surface area contributed by atoms with Crippen molar-refractivity contribution in [1.82, 2.24) is 0 Å². The lowest BCUT2D eigenvalue weighted by Gasteiger charge is -2.23. The molecule has 0 aliphatic heterocycles. The Morgan fingerprint density at radius 3 is 2.33 bits per heavy atom. The van der Waals surface area contributed by atoms with E-state index in [-0.39, 0.29) is 17.9 Å². The topological polar surface area (TPSA) is 26.3 Å². The number of carbonyl (C=O) groups excluding carboxylic acids is 1. The van der Waals surface area contributed by atoms with Gasteiger partial charge in [0.15, 0.2) is 0 Å². The van der Waals surface area contributed by atoms with E-state index in [2.05, 4.69) is 6.92 Å². The lowest BCUT2D eigenvalue weighted by molar-refractivity contribution is -0.154. The molecule has 0 aliphatic carbocycles. The van der Waals surface area contributed by atoms with Gasteiger partial charge >= 0.3 is 5.97 Å². The van der Waals surface area contributed by atoms with Gasteiger partial charge in [0.25, 0.3) is 0 Å². The van der Waals surface area contributed by atoms with Crippen molar-refractivity contribution in [2.75, 3.05) is 12.4 Å². The monoisotopic (exact) mass is 320 g/mol. The Morgan fingerprint density at radius 1 is 1.10 bits per heavy atom. The van der Waals surface area contributed by atoms with Crippen LogP contribution in [0.2, 0.25) is 0 Å². The molecule has 0 fully saturated rings. The minimum Gasteiger partial charge on any atom is -0.459 e. The molecule has 0 rings (SSSR count). The molecule has 0 aliphatic rings. The highest BCUT2D eigenvalue weighted by Gasteiger charge is 2.24. The van der Waals surface area contributed by atoms with Gasteiger partial charge in [-0.25, -0.2) is 0 Å². The van der Waals surface area contributed by atoms with Crippen LogP contribution >= 0.6 is 11.8 Å². The summed E-state index contributed by atoms with van der Waals surface area (Å²) in [4.78, 5) is 12.2. The van der Waals surface area contributed by atoms with Crippen molar-refractivity contribution in [3.05, 3.63) is 0 Å². The maximum Gasteiger partial charge on any atom is 0.319 e. The predicted octanol–water partition coefficient (Wildman–Crippen LogP) is 5.54. The summed E-state index contributed by atoms with van der Waals surface area (Å²) in [5.41, 5.74) is -0.415. The minimum atomic E-state index is -0.415. The zero-order valence-corrected chi connectivity index (χ0v) is 15.1. The molecule has 0 spiro atoms. The Kier molecular flexibility index (Phi) is 12.2. The number of hydrogen-bond acceptors (Lipinski definition) is 3. The second-order valence-electron chi connectivity index (χ2n) is 6.49. The first-order valence-electron chi connectivity index (χ1n) is 8.31. The van der Waals surface area contributed by atoms with Gasteiger partial charge in [-0.2, -0.15) is 0 Å². The molecule has 126 valence electrons. The van der Waals surface area contributed by atoms with E-state index in [0.29, 0.717) is 6.42 Å². The Balaban J connectivity index is 4.10. The zero-order valence-electron chi connectivity index (χ0n) is 14.3. The highest BCUT2D eigenvalue weighted by Crippen LogP contribution is 2.23. The highest BCUT2D eigenvalue weighted by molar-refractivity contribution is 8.00. The van der Waals surface area contributed by atoms with E-state index in [0.717, 1.165) is 50.7 Å². The van der Waals surface area contributed by atoms with E-state index in [1.165, 1.54) is 0 Å². The number of halogens is 1. The maximum absolute atomic E-state index is 12.2. The van der Waals surface area contributed by atoms with Crippen molar-refractivity contribution >= 4 is 17.7 Å².